The molecule has 2 amide bonds. The molecule has 0 aliphatic heterocycles. The number of amides is 2. The van der Waals surface area contributed by atoms with E-state index in [1.807, 2.05) is 0 Å². The SMILES string of the molecule is Cn1ccc(=O)c(C(=O)Nc2ccc(F)c(C(N)=O)c2)c1. The molecule has 0 radical (unpaired) electrons. The van der Waals surface area contributed by atoms with E-state index in [9.17, 15) is 18.8 Å². The van der Waals surface area contributed by atoms with Crippen molar-refractivity contribution in [1.82, 2.24) is 4.57 Å². The van der Waals surface area contributed by atoms with Crippen LogP contribution in [0.15, 0.2) is 41.5 Å². The molecule has 0 unspecified atom stereocenters. The predicted molar refractivity (Wildman–Crippen MR) is 74.6 cm³/mol. The van der Waals surface area contributed by atoms with Gasteiger partial charge in [-0.15, -0.1) is 0 Å². The van der Waals surface area contributed by atoms with E-state index in [0.717, 1.165) is 12.1 Å². The lowest BCUT2D eigenvalue weighted by atomic mass is 10.1. The molecule has 0 saturated heterocycles. The molecule has 0 bridgehead atoms. The monoisotopic (exact) mass is 289 g/mol. The molecule has 0 aliphatic carbocycles. The second-order valence-corrected chi connectivity index (χ2v) is 4.40. The van der Waals surface area contributed by atoms with E-state index in [1.54, 1.807) is 11.6 Å². The molecule has 3 N–H and O–H groups in total. The van der Waals surface area contributed by atoms with E-state index in [1.165, 1.54) is 24.5 Å². The van der Waals surface area contributed by atoms with Gasteiger partial charge in [0.2, 0.25) is 0 Å². The maximum Gasteiger partial charge on any atom is 0.261 e. The third-order valence-corrected chi connectivity index (χ3v) is 2.79. The van der Waals surface area contributed by atoms with Crippen molar-refractivity contribution in [2.24, 2.45) is 12.8 Å². The quantitative estimate of drug-likeness (QED) is 0.878. The molecule has 1 aromatic heterocycles. The van der Waals surface area contributed by atoms with E-state index >= 15 is 0 Å². The van der Waals surface area contributed by atoms with Gasteiger partial charge in [0.1, 0.15) is 11.4 Å². The number of aromatic nitrogens is 1. The summed E-state index contributed by atoms with van der Waals surface area (Å²) in [5.74, 6) is -2.38. The number of hydrogen-bond acceptors (Lipinski definition) is 3. The summed E-state index contributed by atoms with van der Waals surface area (Å²) in [7, 11) is 1.67. The molecular weight excluding hydrogens is 277 g/mol. The summed E-state index contributed by atoms with van der Waals surface area (Å²) in [5, 5.41) is 2.42. The standard InChI is InChI=1S/C14H12FN3O3/c1-18-5-4-12(19)10(7-18)14(21)17-8-2-3-11(15)9(6-8)13(16)20/h2-7H,1H3,(H2,16,20)(H,17,21). The highest BCUT2D eigenvalue weighted by Gasteiger charge is 2.13. The van der Waals surface area contributed by atoms with Gasteiger partial charge in [-0.1, -0.05) is 0 Å². The minimum absolute atomic E-state index is 0.0649. The number of nitrogens with one attached hydrogen (secondary N) is 1. The average molecular weight is 289 g/mol. The van der Waals surface area contributed by atoms with Crippen LogP contribution in [0.3, 0.4) is 0 Å². The van der Waals surface area contributed by atoms with Gasteiger partial charge in [-0.05, 0) is 18.2 Å². The Kier molecular flexibility index (Phi) is 3.84. The topological polar surface area (TPSA) is 94.2 Å². The molecule has 108 valence electrons. The first-order valence-electron chi connectivity index (χ1n) is 5.95. The number of pyridine rings is 1. The minimum Gasteiger partial charge on any atom is -0.366 e. The maximum absolute atomic E-state index is 13.3. The van der Waals surface area contributed by atoms with Gasteiger partial charge in [0.25, 0.3) is 11.8 Å². The highest BCUT2D eigenvalue weighted by Crippen LogP contribution is 2.15. The second-order valence-electron chi connectivity index (χ2n) is 4.40. The van der Waals surface area contributed by atoms with Crippen LogP contribution in [0.25, 0.3) is 0 Å². The van der Waals surface area contributed by atoms with Crippen molar-refractivity contribution in [2.45, 2.75) is 0 Å². The fraction of sp³-hybridized carbons (Fsp3) is 0.0714. The fourth-order valence-corrected chi connectivity index (χ4v) is 1.75. The lowest BCUT2D eigenvalue weighted by Gasteiger charge is -2.07. The van der Waals surface area contributed by atoms with Crippen molar-refractivity contribution in [3.8, 4) is 0 Å². The van der Waals surface area contributed by atoms with Crippen LogP contribution in [-0.2, 0) is 7.05 Å². The molecule has 2 rings (SSSR count). The van der Waals surface area contributed by atoms with Crippen LogP contribution >= 0.6 is 0 Å². The van der Waals surface area contributed by atoms with Crippen LogP contribution in [0.2, 0.25) is 0 Å². The van der Waals surface area contributed by atoms with Gasteiger partial charge in [-0.3, -0.25) is 14.4 Å². The highest BCUT2D eigenvalue weighted by molar-refractivity contribution is 6.04. The molecule has 0 fully saturated rings. The fourth-order valence-electron chi connectivity index (χ4n) is 1.75. The van der Waals surface area contributed by atoms with E-state index < -0.39 is 23.1 Å². The zero-order valence-corrected chi connectivity index (χ0v) is 11.1. The van der Waals surface area contributed by atoms with Crippen LogP contribution in [0.1, 0.15) is 20.7 Å². The van der Waals surface area contributed by atoms with Crippen LogP contribution in [0.5, 0.6) is 0 Å². The van der Waals surface area contributed by atoms with Crippen LogP contribution in [0, 0.1) is 5.82 Å². The van der Waals surface area contributed by atoms with Crippen LogP contribution < -0.4 is 16.5 Å². The van der Waals surface area contributed by atoms with Gasteiger partial charge >= 0.3 is 0 Å². The Morgan fingerprint density at radius 2 is 1.95 bits per heavy atom. The molecule has 6 nitrogen and oxygen atoms in total. The molecule has 0 spiro atoms. The summed E-state index contributed by atoms with van der Waals surface area (Å²) >= 11 is 0. The normalized spacial score (nSPS) is 10.2. The summed E-state index contributed by atoms with van der Waals surface area (Å²) in [6.45, 7) is 0. The Morgan fingerprint density at radius 3 is 2.62 bits per heavy atom. The zero-order chi connectivity index (χ0) is 15.6. The first kappa shape index (κ1) is 14.4. The summed E-state index contributed by atoms with van der Waals surface area (Å²) < 4.78 is 14.9. The summed E-state index contributed by atoms with van der Waals surface area (Å²) in [5.41, 5.74) is 4.35. The molecule has 0 saturated carbocycles. The van der Waals surface area contributed by atoms with Crippen molar-refractivity contribution in [3.63, 3.8) is 0 Å². The number of nitrogens with zero attached hydrogens (tertiary/aromatic N) is 1. The highest BCUT2D eigenvalue weighted by atomic mass is 19.1. The average Bonchev–Trinajstić information content (AvgIpc) is 2.43. The number of carbonyl (C=O) groups excluding carboxylic acids is 2. The number of halogens is 1. The number of anilines is 1. The largest absolute Gasteiger partial charge is 0.366 e. The van der Waals surface area contributed by atoms with Gasteiger partial charge in [-0.2, -0.15) is 0 Å². The Bertz CT molecular complexity index is 783. The lowest BCUT2D eigenvalue weighted by molar-refractivity contribution is 0.0992. The first-order chi connectivity index (χ1) is 9.88. The van der Waals surface area contributed by atoms with Crippen molar-refractivity contribution in [3.05, 3.63) is 63.8 Å². The number of hydrogen-bond donors (Lipinski definition) is 2. The van der Waals surface area contributed by atoms with Crippen molar-refractivity contribution < 1.29 is 14.0 Å². The van der Waals surface area contributed by atoms with Gasteiger partial charge in [-0.25, -0.2) is 4.39 Å². The Labute approximate surface area is 119 Å². The summed E-state index contributed by atoms with van der Waals surface area (Å²) in [4.78, 5) is 34.7. The third kappa shape index (κ3) is 3.14. The lowest BCUT2D eigenvalue weighted by Crippen LogP contribution is -2.22. The molecule has 0 atom stereocenters. The molecule has 7 heteroatoms. The summed E-state index contributed by atoms with van der Waals surface area (Å²) in [6.07, 6.45) is 2.89. The molecule has 0 aliphatic rings. The molecule has 1 aromatic carbocycles. The molecule has 1 heterocycles. The third-order valence-electron chi connectivity index (χ3n) is 2.79. The predicted octanol–water partition coefficient (Wildman–Crippen LogP) is 0.876. The van der Waals surface area contributed by atoms with E-state index in [4.69, 9.17) is 5.73 Å². The van der Waals surface area contributed by atoms with Gasteiger partial charge in [0, 0.05) is 31.2 Å². The number of primary amides is 1. The van der Waals surface area contributed by atoms with E-state index in [-0.39, 0.29) is 16.8 Å². The van der Waals surface area contributed by atoms with Crippen molar-refractivity contribution in [1.29, 1.82) is 0 Å². The number of nitrogens with two attached hydrogens (primary N) is 1. The van der Waals surface area contributed by atoms with E-state index in [2.05, 4.69) is 5.32 Å². The Hall–Kier alpha value is -2.96. The Balaban J connectivity index is 2.32. The van der Waals surface area contributed by atoms with Gasteiger partial charge < -0.3 is 15.6 Å². The molecular formula is C14H12FN3O3. The van der Waals surface area contributed by atoms with Crippen molar-refractivity contribution >= 4 is 17.5 Å². The van der Waals surface area contributed by atoms with Crippen LogP contribution in [0.4, 0.5) is 10.1 Å². The Morgan fingerprint density at radius 1 is 1.24 bits per heavy atom. The second kappa shape index (κ2) is 5.58. The first-order valence-corrected chi connectivity index (χ1v) is 5.95. The van der Waals surface area contributed by atoms with Crippen molar-refractivity contribution in [2.75, 3.05) is 5.32 Å². The van der Waals surface area contributed by atoms with Gasteiger partial charge in [0.15, 0.2) is 5.43 Å². The van der Waals surface area contributed by atoms with Crippen LogP contribution in [-0.4, -0.2) is 16.4 Å². The number of aryl methyl sites for hydroxylation is 1. The maximum atomic E-state index is 13.3. The molecule has 21 heavy (non-hydrogen) atoms. The van der Waals surface area contributed by atoms with E-state index in [0.29, 0.717) is 0 Å². The molecule has 2 aromatic rings. The summed E-state index contributed by atoms with van der Waals surface area (Å²) in [6, 6.07) is 4.66. The number of benzene rings is 1. The number of rotatable bonds is 3. The van der Waals surface area contributed by atoms with Gasteiger partial charge in [0.05, 0.1) is 5.56 Å². The zero-order valence-electron chi connectivity index (χ0n) is 11.1. The number of carbonyl (C=O) groups is 2. The smallest absolute Gasteiger partial charge is 0.261 e. The minimum atomic E-state index is -0.945.